The molecule has 1 aliphatic carbocycles. The SMILES string of the molecule is C=C(C)P(O)(=S)OCC1OCC[C@@H]1OP(=O)(S)OC1CCC(C(=O)N[C@@H](CCC(=O)N[C@@H](CCC(=O)NCCOCCOC2OC(CO)C(O)C(O)C2NC(C)=O)C(=O)NCCOCCOC2OC(CO)C(O)C(O)C2NC(C)=O)C(=O)NCCOCCOC2OC(CO)C(O)C(O)C2NC(C)=O)CC1. The van der Waals surface area contributed by atoms with Crippen LogP contribution in [0.1, 0.15) is 85.5 Å². The van der Waals surface area contributed by atoms with Crippen molar-refractivity contribution in [3.63, 3.8) is 0 Å². The Kier molecular flexibility index (Phi) is 40.5. The van der Waals surface area contributed by atoms with Crippen LogP contribution in [0.4, 0.5) is 0 Å². The first-order valence-electron chi connectivity index (χ1n) is 34.4. The van der Waals surface area contributed by atoms with Gasteiger partial charge in [0.15, 0.2) is 18.9 Å². The molecule has 105 heavy (non-hydrogen) atoms. The standard InChI is InChI=1S/C61H106N8O32P2S2/c1-32(2)102(87,104)96-31-44-40(14-18-92-44)101-103(88,105)100-37-8-6-36(7-9-37)56(84)69-39(58(86)64-17-21-91-24-27-95-61-49(67-35(5)75)55(83)52(80)43(30-72)99-61)11-13-46(77)68-38(57(85)63-16-20-90-23-26-94-60-48(66-34(4)74)54(82)51(79)42(29-71)98-60)10-12-45(76)62-15-19-89-22-25-93-59-47(65-33(3)73)53(81)50(78)41(28-70)97-59/h36-44,47-55,59-61,70-72,78-83H,1,6-31H2,2-5H3,(H,62,76)(H,63,85)(H,64,86)(H,65,73)(H,66,74)(H,67,75)(H,68,77)(H,69,84)(H,87,104)(H,88,105)/t36?,37?,38-,39-,40-,41?,42?,43?,44?,47?,48?,49?,50?,51?,52?,53?,54?,55?,59?,60?,61?,102?,103?/m0/s1. The number of nitrogens with one attached hydrogen (secondary N) is 8. The molecule has 0 radical (unpaired) electrons. The van der Waals surface area contributed by atoms with Crippen LogP contribution in [-0.2, 0) is 116 Å². The van der Waals surface area contributed by atoms with Gasteiger partial charge in [0.2, 0.25) is 53.7 Å². The van der Waals surface area contributed by atoms with Crippen molar-refractivity contribution in [3.8, 4) is 0 Å². The summed E-state index contributed by atoms with van der Waals surface area (Å²) in [5, 5.41) is 112. The number of amides is 8. The van der Waals surface area contributed by atoms with E-state index in [4.69, 9.17) is 72.7 Å². The Hall–Kier alpha value is -4.19. The third-order valence-electron chi connectivity index (χ3n) is 17.2. The molecule has 18 unspecified atom stereocenters. The maximum Gasteiger partial charge on any atom is 0.386 e. The van der Waals surface area contributed by atoms with Crippen LogP contribution < -0.4 is 42.5 Å². The molecule has 5 rings (SSSR count). The summed E-state index contributed by atoms with van der Waals surface area (Å²) < 4.78 is 86.8. The summed E-state index contributed by atoms with van der Waals surface area (Å²) in [5.74, 6) is -5.84. The molecule has 4 aliphatic heterocycles. The number of rotatable bonds is 46. The molecule has 44 heteroatoms. The summed E-state index contributed by atoms with van der Waals surface area (Å²) in [5.41, 5.74) is 0. The summed E-state index contributed by atoms with van der Waals surface area (Å²) in [6.07, 6.45) is -19.4. The van der Waals surface area contributed by atoms with Gasteiger partial charge in [-0.15, -0.1) is 0 Å². The van der Waals surface area contributed by atoms with Gasteiger partial charge in [-0.2, -0.15) is 0 Å². The van der Waals surface area contributed by atoms with E-state index in [2.05, 4.69) is 61.4 Å². The summed E-state index contributed by atoms with van der Waals surface area (Å²) in [6, 6.07) is -6.38. The minimum atomic E-state index is -4.05. The average molecular weight is 1590 g/mol. The fraction of sp³-hybridized carbons (Fsp3) is 0.836. The first kappa shape index (κ1) is 91.4. The fourth-order valence-corrected chi connectivity index (χ4v) is 14.3. The highest BCUT2D eigenvalue weighted by molar-refractivity contribution is 8.44. The molecule has 5 fully saturated rings. The summed E-state index contributed by atoms with van der Waals surface area (Å²) >= 11 is 9.35. The molecule has 4 saturated heterocycles. The van der Waals surface area contributed by atoms with Crippen molar-refractivity contribution in [2.45, 2.75) is 208 Å². The monoisotopic (exact) mass is 1590 g/mol. The van der Waals surface area contributed by atoms with Crippen LogP contribution in [0.15, 0.2) is 11.9 Å². The van der Waals surface area contributed by atoms with Gasteiger partial charge in [-0.25, -0.2) is 4.57 Å². The summed E-state index contributed by atoms with van der Waals surface area (Å²) in [6.45, 7) is -2.14. The molecular formula is C61H106N8O32P2S2. The minimum absolute atomic E-state index is 0.0460. The van der Waals surface area contributed by atoms with E-state index in [9.17, 15) is 93.8 Å². The van der Waals surface area contributed by atoms with E-state index >= 15 is 0 Å². The molecule has 604 valence electrons. The quantitative estimate of drug-likeness (QED) is 0.0153. The Morgan fingerprint density at radius 1 is 0.533 bits per heavy atom. The molecule has 0 aromatic carbocycles. The van der Waals surface area contributed by atoms with Gasteiger partial charge in [0.25, 0.3) is 0 Å². The highest BCUT2D eigenvalue weighted by Crippen LogP contribution is 2.58. The van der Waals surface area contributed by atoms with E-state index in [0.717, 1.165) is 0 Å². The van der Waals surface area contributed by atoms with Gasteiger partial charge in [0, 0.05) is 77.5 Å². The van der Waals surface area contributed by atoms with Crippen LogP contribution in [0, 0.1) is 5.92 Å². The van der Waals surface area contributed by atoms with Crippen molar-refractivity contribution in [3.05, 3.63) is 11.9 Å². The minimum Gasteiger partial charge on any atom is -0.394 e. The van der Waals surface area contributed by atoms with Crippen molar-refractivity contribution in [2.24, 2.45) is 5.92 Å². The second-order valence-electron chi connectivity index (χ2n) is 25.4. The van der Waals surface area contributed by atoms with E-state index in [1.54, 1.807) is 0 Å². The molecule has 1 saturated carbocycles. The number of carbonyl (C=O) groups is 8. The van der Waals surface area contributed by atoms with Gasteiger partial charge in [-0.3, -0.25) is 47.4 Å². The molecule has 8 amide bonds. The molecule has 5 aliphatic rings. The van der Waals surface area contributed by atoms with E-state index in [0.29, 0.717) is 6.42 Å². The van der Waals surface area contributed by atoms with Crippen molar-refractivity contribution >= 4 is 84.6 Å². The smallest absolute Gasteiger partial charge is 0.386 e. The zero-order valence-corrected chi connectivity index (χ0v) is 62.4. The van der Waals surface area contributed by atoms with Crippen molar-refractivity contribution in [2.75, 3.05) is 112 Å². The molecule has 0 spiro atoms. The number of hydrogen-bond acceptors (Lipinski definition) is 32. The van der Waals surface area contributed by atoms with Gasteiger partial charge in [0.1, 0.15) is 91.2 Å². The van der Waals surface area contributed by atoms with Gasteiger partial charge < -0.3 is 145 Å². The van der Waals surface area contributed by atoms with Gasteiger partial charge >= 0.3 is 6.80 Å². The zero-order chi connectivity index (χ0) is 77.6. The maximum atomic E-state index is 14.1. The van der Waals surface area contributed by atoms with Crippen molar-refractivity contribution in [1.29, 1.82) is 0 Å². The molecule has 0 aromatic rings. The second kappa shape index (κ2) is 46.5. The topological polar surface area (TPSA) is 572 Å². The molecular weight excluding hydrogens is 1480 g/mol. The molecule has 0 aromatic heterocycles. The van der Waals surface area contributed by atoms with E-state index in [1.165, 1.54) is 27.7 Å². The largest absolute Gasteiger partial charge is 0.394 e. The molecule has 18 N–H and O–H groups in total. The first-order chi connectivity index (χ1) is 49.8. The van der Waals surface area contributed by atoms with Gasteiger partial charge in [-0.1, -0.05) is 18.8 Å². The Bertz CT molecular complexity index is 2870. The third-order valence-corrected chi connectivity index (χ3v) is 21.6. The van der Waals surface area contributed by atoms with Crippen LogP contribution in [0.25, 0.3) is 0 Å². The van der Waals surface area contributed by atoms with Crippen LogP contribution in [0.3, 0.4) is 0 Å². The van der Waals surface area contributed by atoms with Crippen molar-refractivity contribution < 1.29 is 155 Å². The van der Waals surface area contributed by atoms with Gasteiger partial charge in [-0.05, 0) is 57.3 Å². The number of allylic oxidation sites excluding steroid dienone is 1. The lowest BCUT2D eigenvalue weighted by Crippen LogP contribution is -2.64. The summed E-state index contributed by atoms with van der Waals surface area (Å²) in [7, 11) is 0. The van der Waals surface area contributed by atoms with E-state index in [1.807, 2.05) is 0 Å². The second-order valence-corrected chi connectivity index (χ2v) is 31.8. The normalized spacial score (nSPS) is 30.8. The average Bonchev–Trinajstić information content (AvgIpc) is 1.33. The number of aliphatic hydroxyl groups excluding tert-OH is 9. The number of thiol groups is 1. The van der Waals surface area contributed by atoms with Gasteiger partial charge in [0.05, 0.1) is 98.1 Å². The number of ether oxygens (including phenoxy) is 10. The third kappa shape index (κ3) is 30.9. The van der Waals surface area contributed by atoms with Crippen LogP contribution in [0.2, 0.25) is 0 Å². The molecule has 21 atom stereocenters. The van der Waals surface area contributed by atoms with Crippen LogP contribution in [0.5, 0.6) is 0 Å². The number of aliphatic hydroxyl groups is 9. The lowest BCUT2D eigenvalue weighted by molar-refractivity contribution is -0.272. The van der Waals surface area contributed by atoms with E-state index in [-0.39, 0.29) is 143 Å². The zero-order valence-electron chi connectivity index (χ0n) is 58.9. The highest BCUT2D eigenvalue weighted by atomic mass is 32.7. The molecule has 40 nitrogen and oxygen atoms in total. The maximum absolute atomic E-state index is 14.1. The Morgan fingerprint density at radius 2 is 0.933 bits per heavy atom. The highest BCUT2D eigenvalue weighted by Gasteiger charge is 2.49. The Morgan fingerprint density at radius 3 is 1.33 bits per heavy atom. The number of hydrogen-bond donors (Lipinski definition) is 19. The lowest BCUT2D eigenvalue weighted by atomic mass is 9.86. The predicted octanol–water partition coefficient (Wildman–Crippen LogP) is -6.56. The molecule has 4 heterocycles. The van der Waals surface area contributed by atoms with E-state index < -0.39 is 215 Å². The fourth-order valence-electron chi connectivity index (χ4n) is 11.6. The van der Waals surface area contributed by atoms with Crippen LogP contribution >= 0.6 is 25.5 Å². The number of carbonyl (C=O) groups excluding carboxylic acids is 8. The van der Waals surface area contributed by atoms with Crippen molar-refractivity contribution in [1.82, 2.24) is 42.5 Å². The summed E-state index contributed by atoms with van der Waals surface area (Å²) in [4.78, 5) is 115. The van der Waals surface area contributed by atoms with Crippen LogP contribution in [-0.4, -0.2) is 333 Å². The first-order valence-corrected chi connectivity index (χ1v) is 39.8. The Balaban J connectivity index is 1.20. The lowest BCUT2D eigenvalue weighted by Gasteiger charge is -2.42. The Labute approximate surface area is 617 Å². The predicted molar refractivity (Wildman–Crippen MR) is 368 cm³/mol. The molecule has 0 bridgehead atoms.